The van der Waals surface area contributed by atoms with Gasteiger partial charge in [-0.3, -0.25) is 9.89 Å². The third kappa shape index (κ3) is 6.41. The number of amides is 1. The van der Waals surface area contributed by atoms with E-state index in [0.717, 1.165) is 27.7 Å². The summed E-state index contributed by atoms with van der Waals surface area (Å²) in [4.78, 5) is 21.3. The number of thiazole rings is 1. The lowest BCUT2D eigenvalue weighted by molar-refractivity contribution is -0.115. The van der Waals surface area contributed by atoms with Crippen LogP contribution in [0.1, 0.15) is 27.7 Å². The Balaban J connectivity index is 1.23. The van der Waals surface area contributed by atoms with Crippen LogP contribution in [0.15, 0.2) is 59.1 Å². The van der Waals surface area contributed by atoms with Gasteiger partial charge >= 0.3 is 0 Å². The van der Waals surface area contributed by atoms with E-state index in [-0.39, 0.29) is 12.3 Å². The van der Waals surface area contributed by atoms with E-state index in [9.17, 15) is 4.79 Å². The van der Waals surface area contributed by atoms with E-state index in [2.05, 4.69) is 25.5 Å². The molecule has 2 aromatic heterocycles. The van der Waals surface area contributed by atoms with Crippen LogP contribution < -0.4 is 10.1 Å². The highest BCUT2D eigenvalue weighted by atomic mass is 32.2. The third-order valence-corrected chi connectivity index (χ3v) is 6.28. The maximum Gasteiger partial charge on any atom is 0.231 e. The fourth-order valence-corrected chi connectivity index (χ4v) is 4.42. The summed E-state index contributed by atoms with van der Waals surface area (Å²) in [7, 11) is 0. The number of nitrogens with one attached hydrogen (secondary N) is 2. The van der Waals surface area contributed by atoms with Crippen LogP contribution in [0.25, 0.3) is 0 Å². The number of anilines is 1. The molecule has 0 saturated heterocycles. The SMILES string of the molecule is Cc1ccc(NC(=O)Cc2nc(CSc3n[nH]c(COc4ccc(C)cc4)n3)cs2)cc1. The molecule has 2 heterocycles. The second kappa shape index (κ2) is 10.4. The summed E-state index contributed by atoms with van der Waals surface area (Å²) in [5.74, 6) is 2.02. The molecule has 0 spiro atoms. The first kappa shape index (κ1) is 22.0. The van der Waals surface area contributed by atoms with Gasteiger partial charge in [0.1, 0.15) is 17.4 Å². The number of rotatable bonds is 9. The van der Waals surface area contributed by atoms with E-state index in [4.69, 9.17) is 4.74 Å². The molecule has 164 valence electrons. The standard InChI is InChI=1S/C23H23N5O2S2/c1-15-3-7-17(8-4-15)24-21(29)11-22-25-18(13-31-22)14-32-23-26-20(27-28-23)12-30-19-9-5-16(2)6-10-19/h3-10,13H,11-12,14H2,1-2H3,(H,24,29)(H,26,27,28). The Labute approximate surface area is 194 Å². The summed E-state index contributed by atoms with van der Waals surface area (Å²) in [6.45, 7) is 4.38. The molecule has 0 aliphatic carbocycles. The Morgan fingerprint density at radius 3 is 2.53 bits per heavy atom. The van der Waals surface area contributed by atoms with Crippen LogP contribution in [-0.2, 0) is 23.6 Å². The molecule has 4 rings (SSSR count). The molecule has 2 aromatic carbocycles. The predicted molar refractivity (Wildman–Crippen MR) is 127 cm³/mol. The number of nitrogens with zero attached hydrogens (tertiary/aromatic N) is 3. The van der Waals surface area contributed by atoms with Crippen molar-refractivity contribution in [2.75, 3.05) is 5.32 Å². The van der Waals surface area contributed by atoms with Crippen LogP contribution in [0.4, 0.5) is 5.69 Å². The molecule has 1 amide bonds. The van der Waals surface area contributed by atoms with Crippen LogP contribution >= 0.6 is 23.1 Å². The van der Waals surface area contributed by atoms with Gasteiger partial charge in [0, 0.05) is 16.8 Å². The fraction of sp³-hybridized carbons (Fsp3) is 0.217. The van der Waals surface area contributed by atoms with Crippen LogP contribution in [0, 0.1) is 13.8 Å². The monoisotopic (exact) mass is 465 g/mol. The number of carbonyl (C=O) groups excluding carboxylic acids is 1. The van der Waals surface area contributed by atoms with Crippen LogP contribution in [0.3, 0.4) is 0 Å². The Hall–Kier alpha value is -3.17. The normalized spacial score (nSPS) is 10.8. The predicted octanol–water partition coefficient (Wildman–Crippen LogP) is 4.93. The number of hydrogen-bond donors (Lipinski definition) is 2. The van der Waals surface area contributed by atoms with E-state index < -0.39 is 0 Å². The average Bonchev–Trinajstić information content (AvgIpc) is 3.43. The first-order valence-electron chi connectivity index (χ1n) is 10.1. The summed E-state index contributed by atoms with van der Waals surface area (Å²) >= 11 is 2.97. The molecule has 9 heteroatoms. The van der Waals surface area contributed by atoms with Crippen molar-refractivity contribution in [3.05, 3.63) is 81.6 Å². The number of thioether (sulfide) groups is 1. The van der Waals surface area contributed by atoms with Gasteiger partial charge in [-0.2, -0.15) is 0 Å². The Morgan fingerprint density at radius 2 is 1.78 bits per heavy atom. The smallest absolute Gasteiger partial charge is 0.231 e. The highest BCUT2D eigenvalue weighted by molar-refractivity contribution is 7.98. The molecule has 0 saturated carbocycles. The van der Waals surface area contributed by atoms with Gasteiger partial charge in [0.2, 0.25) is 11.1 Å². The third-order valence-electron chi connectivity index (χ3n) is 4.50. The number of ether oxygens (including phenoxy) is 1. The molecule has 0 aliphatic heterocycles. The van der Waals surface area contributed by atoms with E-state index in [1.54, 1.807) is 0 Å². The number of benzene rings is 2. The summed E-state index contributed by atoms with van der Waals surface area (Å²) in [6.07, 6.45) is 0.254. The van der Waals surface area contributed by atoms with Crippen molar-refractivity contribution in [2.24, 2.45) is 0 Å². The zero-order chi connectivity index (χ0) is 22.3. The molecule has 7 nitrogen and oxygen atoms in total. The van der Waals surface area contributed by atoms with Gasteiger partial charge in [0.15, 0.2) is 5.82 Å². The van der Waals surface area contributed by atoms with E-state index in [1.807, 2.05) is 67.8 Å². The molecule has 0 aliphatic rings. The molecule has 4 aromatic rings. The maximum absolute atomic E-state index is 12.3. The highest BCUT2D eigenvalue weighted by Gasteiger charge is 2.11. The summed E-state index contributed by atoms with van der Waals surface area (Å²) in [5.41, 5.74) is 4.04. The summed E-state index contributed by atoms with van der Waals surface area (Å²) < 4.78 is 5.72. The number of aromatic amines is 1. The van der Waals surface area contributed by atoms with Gasteiger partial charge < -0.3 is 10.1 Å². The minimum atomic E-state index is -0.0745. The van der Waals surface area contributed by atoms with Crippen molar-refractivity contribution >= 4 is 34.7 Å². The fourth-order valence-electron chi connectivity index (χ4n) is 2.81. The van der Waals surface area contributed by atoms with E-state index >= 15 is 0 Å². The van der Waals surface area contributed by atoms with Crippen molar-refractivity contribution in [3.8, 4) is 5.75 Å². The number of aryl methyl sites for hydroxylation is 2. The van der Waals surface area contributed by atoms with Crippen molar-refractivity contribution in [1.29, 1.82) is 0 Å². The largest absolute Gasteiger partial charge is 0.486 e. The molecule has 32 heavy (non-hydrogen) atoms. The van der Waals surface area contributed by atoms with Crippen molar-refractivity contribution in [2.45, 2.75) is 37.8 Å². The molecule has 0 fully saturated rings. The van der Waals surface area contributed by atoms with Crippen molar-refractivity contribution < 1.29 is 9.53 Å². The Kier molecular flexibility index (Phi) is 7.18. The quantitative estimate of drug-likeness (QED) is 0.341. The minimum Gasteiger partial charge on any atom is -0.486 e. The lowest BCUT2D eigenvalue weighted by atomic mass is 10.2. The van der Waals surface area contributed by atoms with Gasteiger partial charge in [-0.15, -0.1) is 16.4 Å². The number of H-pyrrole nitrogens is 1. The van der Waals surface area contributed by atoms with Crippen LogP contribution in [-0.4, -0.2) is 26.1 Å². The molecule has 0 bridgehead atoms. The molecular weight excluding hydrogens is 442 g/mol. The van der Waals surface area contributed by atoms with Gasteiger partial charge in [-0.1, -0.05) is 47.2 Å². The summed E-state index contributed by atoms with van der Waals surface area (Å²) in [6, 6.07) is 15.6. The minimum absolute atomic E-state index is 0.0745. The highest BCUT2D eigenvalue weighted by Crippen LogP contribution is 2.22. The molecular formula is C23H23N5O2S2. The zero-order valence-electron chi connectivity index (χ0n) is 17.8. The molecule has 0 atom stereocenters. The number of hydrogen-bond acceptors (Lipinski definition) is 7. The maximum atomic E-state index is 12.3. The zero-order valence-corrected chi connectivity index (χ0v) is 19.4. The van der Waals surface area contributed by atoms with E-state index in [0.29, 0.717) is 23.3 Å². The van der Waals surface area contributed by atoms with Crippen LogP contribution in [0.2, 0.25) is 0 Å². The number of aromatic nitrogens is 4. The van der Waals surface area contributed by atoms with Crippen LogP contribution in [0.5, 0.6) is 5.75 Å². The first-order valence-corrected chi connectivity index (χ1v) is 11.9. The van der Waals surface area contributed by atoms with Gasteiger partial charge in [0.05, 0.1) is 12.1 Å². The van der Waals surface area contributed by atoms with Gasteiger partial charge in [-0.05, 0) is 38.1 Å². The number of carbonyl (C=O) groups is 1. The lowest BCUT2D eigenvalue weighted by Crippen LogP contribution is -2.14. The molecule has 0 unspecified atom stereocenters. The second-order valence-electron chi connectivity index (χ2n) is 7.28. The second-order valence-corrected chi connectivity index (χ2v) is 9.16. The topological polar surface area (TPSA) is 92.8 Å². The molecule has 2 N–H and O–H groups in total. The Bertz CT molecular complexity index is 1170. The van der Waals surface area contributed by atoms with Crippen molar-refractivity contribution in [3.63, 3.8) is 0 Å². The van der Waals surface area contributed by atoms with E-state index in [1.165, 1.54) is 28.7 Å². The van der Waals surface area contributed by atoms with Gasteiger partial charge in [-0.25, -0.2) is 9.97 Å². The first-order chi connectivity index (χ1) is 15.5. The molecule has 0 radical (unpaired) electrons. The average molecular weight is 466 g/mol. The summed E-state index contributed by atoms with van der Waals surface area (Å²) in [5, 5.41) is 13.4. The van der Waals surface area contributed by atoms with Gasteiger partial charge in [0.25, 0.3) is 0 Å². The van der Waals surface area contributed by atoms with Crippen molar-refractivity contribution in [1.82, 2.24) is 20.2 Å². The Morgan fingerprint density at radius 1 is 1.06 bits per heavy atom. The lowest BCUT2D eigenvalue weighted by Gasteiger charge is -2.04.